The molecule has 2 aliphatic rings. The summed E-state index contributed by atoms with van der Waals surface area (Å²) in [6.45, 7) is 2.97. The predicted octanol–water partition coefficient (Wildman–Crippen LogP) is 0.500. The molecule has 44 heavy (non-hydrogen) atoms. The molecule has 2 fully saturated rings. The van der Waals surface area contributed by atoms with Crippen LogP contribution in [0.15, 0.2) is 48.5 Å². The molecule has 4 atom stereocenters. The zero-order valence-corrected chi connectivity index (χ0v) is 25.2. The molecule has 2 aliphatic heterocycles. The van der Waals surface area contributed by atoms with Crippen molar-refractivity contribution >= 4 is 29.5 Å². The first kappa shape index (κ1) is 32.4. The van der Waals surface area contributed by atoms with Gasteiger partial charge in [-0.15, -0.1) is 0 Å². The minimum Gasteiger partial charge on any atom is -0.496 e. The third kappa shape index (κ3) is 7.90. The highest BCUT2D eigenvalue weighted by Crippen LogP contribution is 2.24. The third-order valence-corrected chi connectivity index (χ3v) is 7.56. The van der Waals surface area contributed by atoms with Crippen LogP contribution in [0, 0.1) is 11.7 Å². The molecule has 2 saturated heterocycles. The number of likely N-dealkylation sites (N-methyl/N-ethyl adjacent to an activating group) is 1. The monoisotopic (exact) mass is 611 g/mol. The number of hydrogen-bond donors (Lipinski definition) is 3. The Hall–Kier alpha value is -4.52. The quantitative estimate of drug-likeness (QED) is 0.446. The van der Waals surface area contributed by atoms with Crippen LogP contribution in [0.25, 0.3) is 0 Å². The van der Waals surface area contributed by atoms with Crippen molar-refractivity contribution in [2.45, 2.75) is 44.6 Å². The van der Waals surface area contributed by atoms with Gasteiger partial charge in [0.1, 0.15) is 23.7 Å². The molecule has 0 unspecified atom stereocenters. The molecule has 0 aromatic heterocycles. The average molecular weight is 612 g/mol. The molecule has 4 rings (SSSR count). The van der Waals surface area contributed by atoms with E-state index < -0.39 is 59.6 Å². The van der Waals surface area contributed by atoms with Crippen molar-refractivity contribution in [2.75, 3.05) is 40.3 Å². The Balaban J connectivity index is 1.68. The summed E-state index contributed by atoms with van der Waals surface area (Å²) in [7, 11) is 2.76. The van der Waals surface area contributed by atoms with Gasteiger partial charge in [0.15, 0.2) is 6.10 Å². The average Bonchev–Trinajstić information content (AvgIpc) is 3.01. The van der Waals surface area contributed by atoms with Crippen molar-refractivity contribution in [1.29, 1.82) is 0 Å². The molecule has 0 saturated carbocycles. The van der Waals surface area contributed by atoms with Crippen LogP contribution in [0.4, 0.5) is 4.39 Å². The lowest BCUT2D eigenvalue weighted by molar-refractivity contribution is -0.148. The fourth-order valence-electron chi connectivity index (χ4n) is 5.23. The smallest absolute Gasteiger partial charge is 0.257 e. The number of morpholine rings is 1. The second kappa shape index (κ2) is 14.3. The van der Waals surface area contributed by atoms with Gasteiger partial charge in [-0.1, -0.05) is 44.2 Å². The van der Waals surface area contributed by atoms with E-state index >= 15 is 0 Å². The van der Waals surface area contributed by atoms with Crippen LogP contribution in [-0.2, 0) is 30.3 Å². The summed E-state index contributed by atoms with van der Waals surface area (Å²) >= 11 is 0. The number of rotatable bonds is 5. The number of benzene rings is 2. The molecule has 2 heterocycles. The molecule has 2 bridgehead atoms. The SMILES string of the molecule is COc1cc(F)ccc1C(=O)N1C[C@@H]2CNC(=O)[C@H](C(C)C)NC(=O)CN(C)C(=O)[C@@H](Cc3ccccc3)NC(=O)[C@@H](C1)O2. The van der Waals surface area contributed by atoms with Crippen LogP contribution in [0.2, 0.25) is 0 Å². The van der Waals surface area contributed by atoms with Gasteiger partial charge in [-0.2, -0.15) is 0 Å². The van der Waals surface area contributed by atoms with Crippen molar-refractivity contribution in [3.63, 3.8) is 0 Å². The Morgan fingerprint density at radius 3 is 2.45 bits per heavy atom. The van der Waals surface area contributed by atoms with Crippen molar-refractivity contribution < 1.29 is 37.8 Å². The molecule has 2 aromatic rings. The summed E-state index contributed by atoms with van der Waals surface area (Å²) < 4.78 is 25.1. The zero-order valence-electron chi connectivity index (χ0n) is 25.2. The predicted molar refractivity (Wildman–Crippen MR) is 157 cm³/mol. The standard InChI is InChI=1S/C31H38FN5O7/c1-18(2)27-29(40)33-14-21-15-37(30(41)22-11-10-20(32)13-24(22)43-4)16-25(44-21)28(39)34-23(12-19-8-6-5-7-9-19)31(42)36(3)17-26(38)35-27/h5-11,13,18,21,23,25,27H,12,14-17H2,1-4H3,(H,33,40)(H,34,39)(H,35,38)/t21-,23+,25+,27-/m0/s1. The third-order valence-electron chi connectivity index (χ3n) is 7.56. The number of carbonyl (C=O) groups is 5. The van der Waals surface area contributed by atoms with Gasteiger partial charge in [0.25, 0.3) is 11.8 Å². The van der Waals surface area contributed by atoms with Crippen LogP contribution in [-0.4, -0.2) is 104 Å². The van der Waals surface area contributed by atoms with E-state index in [1.165, 1.54) is 30.0 Å². The molecule has 12 nitrogen and oxygen atoms in total. The first-order chi connectivity index (χ1) is 21.0. The summed E-state index contributed by atoms with van der Waals surface area (Å²) in [6.07, 6.45) is -1.89. The van der Waals surface area contributed by atoms with E-state index in [0.717, 1.165) is 17.7 Å². The molecular weight excluding hydrogens is 573 g/mol. The fourth-order valence-corrected chi connectivity index (χ4v) is 5.23. The summed E-state index contributed by atoms with van der Waals surface area (Å²) in [5, 5.41) is 8.23. The van der Waals surface area contributed by atoms with Gasteiger partial charge in [-0.25, -0.2) is 4.39 Å². The maximum atomic E-state index is 13.9. The fraction of sp³-hybridized carbons (Fsp3) is 0.452. The van der Waals surface area contributed by atoms with Crippen LogP contribution >= 0.6 is 0 Å². The molecule has 2 aromatic carbocycles. The van der Waals surface area contributed by atoms with Crippen molar-refractivity contribution in [3.05, 3.63) is 65.5 Å². The number of fused-ring (bicyclic) bond motifs is 2. The number of nitrogens with one attached hydrogen (secondary N) is 3. The summed E-state index contributed by atoms with van der Waals surface area (Å²) in [5.41, 5.74) is 0.865. The van der Waals surface area contributed by atoms with Gasteiger partial charge in [0, 0.05) is 32.6 Å². The van der Waals surface area contributed by atoms with Gasteiger partial charge >= 0.3 is 0 Å². The van der Waals surface area contributed by atoms with Crippen LogP contribution in [0.3, 0.4) is 0 Å². The minimum atomic E-state index is -1.21. The minimum absolute atomic E-state index is 0.00274. The summed E-state index contributed by atoms with van der Waals surface area (Å²) in [5.74, 6) is -3.54. The molecule has 236 valence electrons. The van der Waals surface area contributed by atoms with Crippen molar-refractivity contribution in [3.8, 4) is 5.75 Å². The largest absolute Gasteiger partial charge is 0.496 e. The lowest BCUT2D eigenvalue weighted by atomic mass is 10.0. The Morgan fingerprint density at radius 1 is 1.05 bits per heavy atom. The Kier molecular flexibility index (Phi) is 10.5. The lowest BCUT2D eigenvalue weighted by Gasteiger charge is -2.38. The molecule has 5 amide bonds. The van der Waals surface area contributed by atoms with E-state index in [4.69, 9.17) is 9.47 Å². The zero-order chi connectivity index (χ0) is 32.0. The Bertz CT molecular complexity index is 1390. The molecule has 13 heteroatoms. The highest BCUT2D eigenvalue weighted by atomic mass is 19.1. The van der Waals surface area contributed by atoms with Crippen LogP contribution < -0.4 is 20.7 Å². The van der Waals surface area contributed by atoms with E-state index in [-0.39, 0.29) is 49.8 Å². The Morgan fingerprint density at radius 2 is 1.77 bits per heavy atom. The van der Waals surface area contributed by atoms with E-state index in [0.29, 0.717) is 0 Å². The topological polar surface area (TPSA) is 146 Å². The second-order valence-corrected chi connectivity index (χ2v) is 11.3. The summed E-state index contributed by atoms with van der Waals surface area (Å²) in [6, 6.07) is 10.6. The van der Waals surface area contributed by atoms with E-state index in [9.17, 15) is 28.4 Å². The second-order valence-electron chi connectivity index (χ2n) is 11.3. The number of carbonyl (C=O) groups excluding carboxylic acids is 5. The normalized spacial score (nSPS) is 23.7. The van der Waals surface area contributed by atoms with Crippen LogP contribution in [0.5, 0.6) is 5.75 Å². The van der Waals surface area contributed by atoms with Gasteiger partial charge in [-0.3, -0.25) is 24.0 Å². The molecule has 0 aliphatic carbocycles. The van der Waals surface area contributed by atoms with E-state index in [1.807, 2.05) is 30.3 Å². The first-order valence-corrected chi connectivity index (χ1v) is 14.4. The number of halogens is 1. The Labute approximate surface area is 255 Å². The first-order valence-electron chi connectivity index (χ1n) is 14.4. The highest BCUT2D eigenvalue weighted by molar-refractivity contribution is 5.98. The van der Waals surface area contributed by atoms with Gasteiger partial charge in [0.05, 0.1) is 31.9 Å². The molecular formula is C31H38FN5O7. The summed E-state index contributed by atoms with van der Waals surface area (Å²) in [4.78, 5) is 69.5. The van der Waals surface area contributed by atoms with Crippen LogP contribution in [0.1, 0.15) is 29.8 Å². The molecule has 0 radical (unpaired) electrons. The maximum Gasteiger partial charge on any atom is 0.257 e. The maximum absolute atomic E-state index is 13.9. The number of ether oxygens (including phenoxy) is 2. The highest BCUT2D eigenvalue weighted by Gasteiger charge is 2.38. The van der Waals surface area contributed by atoms with Gasteiger partial charge in [0.2, 0.25) is 17.7 Å². The number of methoxy groups -OCH3 is 1. The lowest BCUT2D eigenvalue weighted by Crippen LogP contribution is -2.59. The van der Waals surface area contributed by atoms with Crippen molar-refractivity contribution in [1.82, 2.24) is 25.8 Å². The number of nitrogens with zero attached hydrogens (tertiary/aromatic N) is 2. The van der Waals surface area contributed by atoms with Crippen molar-refractivity contribution in [2.24, 2.45) is 5.92 Å². The molecule has 3 N–H and O–H groups in total. The molecule has 0 spiro atoms. The van der Waals surface area contributed by atoms with E-state index in [1.54, 1.807) is 13.8 Å². The van der Waals surface area contributed by atoms with Gasteiger partial charge < -0.3 is 35.2 Å². The number of hydrogen-bond acceptors (Lipinski definition) is 7. The number of amides is 5. The van der Waals surface area contributed by atoms with E-state index in [2.05, 4.69) is 16.0 Å². The van der Waals surface area contributed by atoms with Gasteiger partial charge in [-0.05, 0) is 23.6 Å².